The van der Waals surface area contributed by atoms with E-state index in [2.05, 4.69) is 30.2 Å². The van der Waals surface area contributed by atoms with Gasteiger partial charge in [-0.3, -0.25) is 0 Å². The maximum Gasteiger partial charge on any atom is 0.0505 e. The molecular formula is C19H21ClO. The highest BCUT2D eigenvalue weighted by atomic mass is 35.5. The third-order valence-corrected chi connectivity index (χ3v) is 4.27. The summed E-state index contributed by atoms with van der Waals surface area (Å²) in [7, 11) is 0. The van der Waals surface area contributed by atoms with Crippen molar-refractivity contribution in [3.05, 3.63) is 48.0 Å². The summed E-state index contributed by atoms with van der Waals surface area (Å²) in [6, 6.07) is 14.5. The van der Waals surface area contributed by atoms with Gasteiger partial charge in [-0.15, -0.1) is 18.0 Å². The van der Waals surface area contributed by atoms with Gasteiger partial charge in [0.1, 0.15) is 0 Å². The van der Waals surface area contributed by atoms with Crippen molar-refractivity contribution in [1.82, 2.24) is 0 Å². The Labute approximate surface area is 131 Å². The van der Waals surface area contributed by atoms with Crippen LogP contribution in [0.15, 0.2) is 42.5 Å². The molecule has 0 aliphatic heterocycles. The molecule has 2 rings (SSSR count). The molecule has 2 heteroatoms. The number of hydrogen-bond acceptors (Lipinski definition) is 1. The summed E-state index contributed by atoms with van der Waals surface area (Å²) in [5.41, 5.74) is 1.14. The number of terminal acetylenes is 1. The van der Waals surface area contributed by atoms with Crippen LogP contribution in [0, 0.1) is 18.3 Å². The van der Waals surface area contributed by atoms with Crippen LogP contribution in [0.4, 0.5) is 0 Å². The highest BCUT2D eigenvalue weighted by Crippen LogP contribution is 2.32. The molecule has 110 valence electrons. The summed E-state index contributed by atoms with van der Waals surface area (Å²) < 4.78 is 0. The number of alkyl halides is 1. The Morgan fingerprint density at radius 1 is 1.10 bits per heavy atom. The zero-order valence-electron chi connectivity index (χ0n) is 12.1. The predicted octanol–water partition coefficient (Wildman–Crippen LogP) is 4.57. The number of aliphatic hydroxyl groups is 1. The van der Waals surface area contributed by atoms with E-state index in [4.69, 9.17) is 18.0 Å². The third-order valence-electron chi connectivity index (χ3n) is 4.00. The Morgan fingerprint density at radius 3 is 2.57 bits per heavy atom. The van der Waals surface area contributed by atoms with E-state index in [9.17, 15) is 5.11 Å². The molecule has 0 unspecified atom stereocenters. The predicted molar refractivity (Wildman–Crippen MR) is 90.7 cm³/mol. The van der Waals surface area contributed by atoms with Crippen molar-refractivity contribution in [2.75, 3.05) is 12.5 Å². The minimum absolute atomic E-state index is 0.0589. The zero-order chi connectivity index (χ0) is 15.1. The topological polar surface area (TPSA) is 20.2 Å². The quantitative estimate of drug-likeness (QED) is 0.451. The van der Waals surface area contributed by atoms with E-state index in [1.807, 2.05) is 18.2 Å². The number of rotatable bonds is 7. The summed E-state index contributed by atoms with van der Waals surface area (Å²) >= 11 is 5.73. The van der Waals surface area contributed by atoms with E-state index >= 15 is 0 Å². The van der Waals surface area contributed by atoms with Crippen LogP contribution in [-0.2, 0) is 0 Å². The van der Waals surface area contributed by atoms with Gasteiger partial charge in [0.15, 0.2) is 0 Å². The Bertz CT molecular complexity index is 609. The number of hydrogen-bond donors (Lipinski definition) is 1. The van der Waals surface area contributed by atoms with Crippen molar-refractivity contribution in [2.24, 2.45) is 5.92 Å². The van der Waals surface area contributed by atoms with Crippen molar-refractivity contribution in [3.63, 3.8) is 0 Å². The monoisotopic (exact) mass is 300 g/mol. The summed E-state index contributed by atoms with van der Waals surface area (Å²) in [4.78, 5) is 0. The van der Waals surface area contributed by atoms with Gasteiger partial charge in [0.25, 0.3) is 0 Å². The second kappa shape index (κ2) is 8.08. The molecule has 0 saturated carbocycles. The Kier molecular flexibility index (Phi) is 6.11. The van der Waals surface area contributed by atoms with Gasteiger partial charge < -0.3 is 5.11 Å². The van der Waals surface area contributed by atoms with Crippen LogP contribution in [-0.4, -0.2) is 17.6 Å². The molecule has 2 aromatic carbocycles. The molecule has 0 aliphatic carbocycles. The van der Waals surface area contributed by atoms with Crippen LogP contribution in [0.3, 0.4) is 0 Å². The van der Waals surface area contributed by atoms with Gasteiger partial charge in [-0.05, 0) is 35.1 Å². The average molecular weight is 301 g/mol. The van der Waals surface area contributed by atoms with Crippen LogP contribution in [0.5, 0.6) is 0 Å². The number of aliphatic hydroxyl groups excluding tert-OH is 1. The summed E-state index contributed by atoms with van der Waals surface area (Å²) in [5.74, 6) is 3.58. The molecule has 0 heterocycles. The molecule has 0 fully saturated rings. The molecule has 1 nitrogen and oxygen atoms in total. The molecule has 0 amide bonds. The van der Waals surface area contributed by atoms with Crippen LogP contribution in [0.25, 0.3) is 10.8 Å². The maximum absolute atomic E-state index is 9.73. The second-order valence-electron chi connectivity index (χ2n) is 5.34. The lowest BCUT2D eigenvalue weighted by atomic mass is 9.82. The Balaban J connectivity index is 2.32. The Morgan fingerprint density at radius 2 is 1.86 bits per heavy atom. The largest absolute Gasteiger partial charge is 0.396 e. The number of benzene rings is 2. The van der Waals surface area contributed by atoms with Gasteiger partial charge >= 0.3 is 0 Å². The van der Waals surface area contributed by atoms with Gasteiger partial charge in [-0.25, -0.2) is 0 Å². The molecule has 0 aromatic heterocycles. The molecule has 0 radical (unpaired) electrons. The highest BCUT2D eigenvalue weighted by molar-refractivity contribution is 6.17. The second-order valence-corrected chi connectivity index (χ2v) is 5.72. The summed E-state index contributed by atoms with van der Waals surface area (Å²) in [6.07, 6.45) is 8.65. The first-order chi connectivity index (χ1) is 10.3. The van der Waals surface area contributed by atoms with Crippen molar-refractivity contribution in [1.29, 1.82) is 0 Å². The number of halogens is 1. The molecule has 0 aliphatic rings. The van der Waals surface area contributed by atoms with Gasteiger partial charge in [0, 0.05) is 12.5 Å². The lowest BCUT2D eigenvalue weighted by Crippen LogP contribution is -2.16. The fourth-order valence-corrected chi connectivity index (χ4v) is 3.05. The molecule has 0 saturated heterocycles. The van der Waals surface area contributed by atoms with Crippen molar-refractivity contribution in [3.8, 4) is 12.3 Å². The fraction of sp³-hybridized carbons (Fsp3) is 0.368. The molecule has 1 N–H and O–H groups in total. The third kappa shape index (κ3) is 3.79. The first kappa shape index (κ1) is 15.9. The molecule has 0 spiro atoms. The first-order valence-electron chi connectivity index (χ1n) is 7.42. The highest BCUT2D eigenvalue weighted by Gasteiger charge is 2.22. The van der Waals surface area contributed by atoms with E-state index < -0.39 is 0 Å². The minimum atomic E-state index is -0.0589. The molecule has 21 heavy (non-hydrogen) atoms. The Hall–Kier alpha value is -1.49. The average Bonchev–Trinajstić information content (AvgIpc) is 2.54. The molecule has 2 aromatic rings. The minimum Gasteiger partial charge on any atom is -0.396 e. The van der Waals surface area contributed by atoms with Gasteiger partial charge in [0.2, 0.25) is 0 Å². The molecular weight excluding hydrogens is 280 g/mol. The SMILES string of the molecule is C#C[C@H](c1cccc2ccccc12)[C@H](CO)CCCCCl. The normalized spacial score (nSPS) is 13.8. The van der Waals surface area contributed by atoms with E-state index in [-0.39, 0.29) is 18.4 Å². The number of fused-ring (bicyclic) bond motifs is 1. The van der Waals surface area contributed by atoms with Crippen molar-refractivity contribution < 1.29 is 5.11 Å². The van der Waals surface area contributed by atoms with E-state index in [1.165, 1.54) is 10.8 Å². The lowest BCUT2D eigenvalue weighted by molar-refractivity contribution is 0.207. The molecule has 0 bridgehead atoms. The van der Waals surface area contributed by atoms with Gasteiger partial charge in [-0.2, -0.15) is 0 Å². The molecule has 2 atom stereocenters. The zero-order valence-corrected chi connectivity index (χ0v) is 12.9. The summed E-state index contributed by atoms with van der Waals surface area (Å²) in [6.45, 7) is 0.111. The van der Waals surface area contributed by atoms with Crippen LogP contribution in [0.2, 0.25) is 0 Å². The standard InChI is InChI=1S/C19H21ClO/c1-2-17(16(14-21)9-5-6-13-20)19-12-7-10-15-8-3-4-11-18(15)19/h1,3-4,7-8,10-12,16-17,21H,5-6,9,13-14H2/t16-,17-/m0/s1. The van der Waals surface area contributed by atoms with Crippen LogP contribution >= 0.6 is 11.6 Å². The van der Waals surface area contributed by atoms with E-state index in [1.54, 1.807) is 0 Å². The van der Waals surface area contributed by atoms with E-state index in [0.717, 1.165) is 24.8 Å². The van der Waals surface area contributed by atoms with Crippen molar-refractivity contribution >= 4 is 22.4 Å². The van der Waals surface area contributed by atoms with Gasteiger partial charge in [0.05, 0.1) is 5.92 Å². The summed E-state index contributed by atoms with van der Waals surface area (Å²) in [5, 5.41) is 12.1. The number of unbranched alkanes of at least 4 members (excludes halogenated alkanes) is 1. The maximum atomic E-state index is 9.73. The fourth-order valence-electron chi connectivity index (χ4n) is 2.87. The van der Waals surface area contributed by atoms with Crippen molar-refractivity contribution in [2.45, 2.75) is 25.2 Å². The van der Waals surface area contributed by atoms with Crippen LogP contribution in [0.1, 0.15) is 30.7 Å². The lowest BCUT2D eigenvalue weighted by Gasteiger charge is -2.23. The van der Waals surface area contributed by atoms with Crippen LogP contribution < -0.4 is 0 Å². The van der Waals surface area contributed by atoms with E-state index in [0.29, 0.717) is 5.88 Å². The first-order valence-corrected chi connectivity index (χ1v) is 7.96. The van der Waals surface area contributed by atoms with Gasteiger partial charge in [-0.1, -0.05) is 54.8 Å². The smallest absolute Gasteiger partial charge is 0.0505 e.